The van der Waals surface area contributed by atoms with E-state index in [0.717, 1.165) is 6.42 Å². The van der Waals surface area contributed by atoms with Crippen molar-refractivity contribution >= 4 is 17.2 Å². The van der Waals surface area contributed by atoms with Gasteiger partial charge in [-0.15, -0.1) is 11.3 Å². The molecule has 0 radical (unpaired) electrons. The van der Waals surface area contributed by atoms with Crippen molar-refractivity contribution in [1.29, 1.82) is 0 Å². The summed E-state index contributed by atoms with van der Waals surface area (Å²) in [6, 6.07) is 4.47. The van der Waals surface area contributed by atoms with Gasteiger partial charge in [0, 0.05) is 10.9 Å². The Kier molecular flexibility index (Phi) is 4.42. The van der Waals surface area contributed by atoms with Crippen LogP contribution in [0.25, 0.3) is 0 Å². The van der Waals surface area contributed by atoms with Crippen molar-refractivity contribution in [2.75, 3.05) is 6.54 Å². The third kappa shape index (κ3) is 3.76. The van der Waals surface area contributed by atoms with Gasteiger partial charge in [-0.2, -0.15) is 0 Å². The maximum atomic E-state index is 8.33. The maximum absolute atomic E-state index is 8.33. The Hall–Kier alpha value is -1.07. The van der Waals surface area contributed by atoms with Crippen molar-refractivity contribution in [2.45, 2.75) is 19.4 Å². The van der Waals surface area contributed by atoms with E-state index >= 15 is 0 Å². The van der Waals surface area contributed by atoms with Crippen LogP contribution >= 0.6 is 11.3 Å². The number of hydrogen-bond acceptors (Lipinski definition) is 4. The number of oxime groups is 1. The van der Waals surface area contributed by atoms with Crippen molar-refractivity contribution in [1.82, 2.24) is 5.32 Å². The molecule has 0 bridgehead atoms. The molecule has 78 valence electrons. The molecule has 5 heteroatoms. The molecule has 1 aromatic rings. The summed E-state index contributed by atoms with van der Waals surface area (Å²) in [7, 11) is 0. The first-order valence-corrected chi connectivity index (χ1v) is 5.32. The molecule has 0 aliphatic carbocycles. The van der Waals surface area contributed by atoms with E-state index in [4.69, 9.17) is 10.9 Å². The van der Waals surface area contributed by atoms with Gasteiger partial charge in [0.1, 0.15) is 0 Å². The van der Waals surface area contributed by atoms with Gasteiger partial charge in [-0.3, -0.25) is 0 Å². The molecule has 1 unspecified atom stereocenters. The Morgan fingerprint density at radius 3 is 3.14 bits per heavy atom. The summed E-state index contributed by atoms with van der Waals surface area (Å²) in [6.45, 7) is 2.49. The zero-order valence-electron chi connectivity index (χ0n) is 8.10. The van der Waals surface area contributed by atoms with Crippen molar-refractivity contribution < 1.29 is 5.21 Å². The zero-order chi connectivity index (χ0) is 10.4. The number of nitrogens with zero attached hydrogens (tertiary/aromatic N) is 1. The Morgan fingerprint density at radius 2 is 2.57 bits per heavy atom. The summed E-state index contributed by atoms with van der Waals surface area (Å²) in [4.78, 5) is 1.34. The summed E-state index contributed by atoms with van der Waals surface area (Å²) in [6.07, 6.45) is 0.969. The van der Waals surface area contributed by atoms with Crippen LogP contribution in [0.2, 0.25) is 0 Å². The fourth-order valence-corrected chi connectivity index (χ4v) is 1.95. The average molecular weight is 213 g/mol. The molecule has 0 aromatic carbocycles. The first-order chi connectivity index (χ1) is 6.72. The average Bonchev–Trinajstić information content (AvgIpc) is 2.66. The standard InChI is InChI=1S/C9H15N3OS/c1-7(11-6-9(10)12-13)5-8-3-2-4-14-8/h2-4,7,11,13H,5-6H2,1H3,(H2,10,12). The second-order valence-corrected chi connectivity index (χ2v) is 4.19. The van der Waals surface area contributed by atoms with Gasteiger partial charge in [0.25, 0.3) is 0 Å². The highest BCUT2D eigenvalue weighted by atomic mass is 32.1. The molecule has 0 saturated heterocycles. The van der Waals surface area contributed by atoms with Gasteiger partial charge in [0.05, 0.1) is 6.54 Å². The van der Waals surface area contributed by atoms with Crippen molar-refractivity contribution in [3.05, 3.63) is 22.4 Å². The van der Waals surface area contributed by atoms with Crippen LogP contribution < -0.4 is 11.1 Å². The minimum atomic E-state index is 0.211. The van der Waals surface area contributed by atoms with E-state index in [2.05, 4.69) is 28.8 Å². The molecule has 14 heavy (non-hydrogen) atoms. The van der Waals surface area contributed by atoms with E-state index in [1.807, 2.05) is 6.07 Å². The topological polar surface area (TPSA) is 70.6 Å². The van der Waals surface area contributed by atoms with Crippen LogP contribution in [0.3, 0.4) is 0 Å². The third-order valence-electron chi connectivity index (χ3n) is 1.85. The Morgan fingerprint density at radius 1 is 1.79 bits per heavy atom. The molecule has 0 amide bonds. The summed E-state index contributed by atoms with van der Waals surface area (Å²) in [5, 5.41) is 16.4. The van der Waals surface area contributed by atoms with E-state index in [1.165, 1.54) is 4.88 Å². The number of hydrogen-bond donors (Lipinski definition) is 3. The minimum absolute atomic E-state index is 0.211. The van der Waals surface area contributed by atoms with E-state index in [9.17, 15) is 0 Å². The predicted molar refractivity (Wildman–Crippen MR) is 58.9 cm³/mol. The van der Waals surface area contributed by atoms with Crippen LogP contribution in [-0.2, 0) is 6.42 Å². The summed E-state index contributed by atoms with van der Waals surface area (Å²) in [5.74, 6) is 0.211. The van der Waals surface area contributed by atoms with Gasteiger partial charge in [-0.25, -0.2) is 0 Å². The molecule has 0 aliphatic heterocycles. The first kappa shape index (κ1) is 11.0. The Balaban J connectivity index is 2.26. The molecule has 1 atom stereocenters. The van der Waals surface area contributed by atoms with E-state index in [0.29, 0.717) is 12.6 Å². The van der Waals surface area contributed by atoms with Gasteiger partial charge in [0.2, 0.25) is 0 Å². The first-order valence-electron chi connectivity index (χ1n) is 4.44. The minimum Gasteiger partial charge on any atom is -0.409 e. The van der Waals surface area contributed by atoms with Crippen molar-refractivity contribution in [3.8, 4) is 0 Å². The molecule has 0 fully saturated rings. The van der Waals surface area contributed by atoms with Crippen LogP contribution in [0.15, 0.2) is 22.7 Å². The molecular weight excluding hydrogens is 198 g/mol. The lowest BCUT2D eigenvalue weighted by Crippen LogP contribution is -2.36. The quantitative estimate of drug-likeness (QED) is 0.296. The SMILES string of the molecule is CC(Cc1cccs1)NCC(N)=NO. The van der Waals surface area contributed by atoms with Gasteiger partial charge in [0.15, 0.2) is 5.84 Å². The molecule has 1 rings (SSSR count). The second-order valence-electron chi connectivity index (χ2n) is 3.16. The molecule has 1 heterocycles. The number of thiophene rings is 1. The zero-order valence-corrected chi connectivity index (χ0v) is 8.92. The number of nitrogens with one attached hydrogen (secondary N) is 1. The van der Waals surface area contributed by atoms with Crippen LogP contribution in [-0.4, -0.2) is 23.6 Å². The van der Waals surface area contributed by atoms with Crippen LogP contribution in [0.4, 0.5) is 0 Å². The van der Waals surface area contributed by atoms with Gasteiger partial charge in [-0.05, 0) is 24.8 Å². The Bertz CT molecular complexity index is 284. The lowest BCUT2D eigenvalue weighted by molar-refractivity contribution is 0.316. The van der Waals surface area contributed by atoms with E-state index < -0.39 is 0 Å². The summed E-state index contributed by atoms with van der Waals surface area (Å²) >= 11 is 1.74. The molecule has 0 aliphatic rings. The third-order valence-corrected chi connectivity index (χ3v) is 2.75. The smallest absolute Gasteiger partial charge is 0.153 e. The number of amidine groups is 1. The van der Waals surface area contributed by atoms with Gasteiger partial charge < -0.3 is 16.3 Å². The molecule has 0 spiro atoms. The summed E-state index contributed by atoms with van der Waals surface area (Å²) < 4.78 is 0. The highest BCUT2D eigenvalue weighted by Crippen LogP contribution is 2.10. The highest BCUT2D eigenvalue weighted by molar-refractivity contribution is 7.09. The molecule has 4 nitrogen and oxygen atoms in total. The lowest BCUT2D eigenvalue weighted by atomic mass is 10.2. The van der Waals surface area contributed by atoms with Crippen LogP contribution in [0.1, 0.15) is 11.8 Å². The fraction of sp³-hybridized carbons (Fsp3) is 0.444. The Labute approximate surface area is 87.4 Å². The maximum Gasteiger partial charge on any atom is 0.153 e. The normalized spacial score (nSPS) is 14.2. The fourth-order valence-electron chi connectivity index (χ4n) is 1.12. The molecule has 0 saturated carbocycles. The van der Waals surface area contributed by atoms with Gasteiger partial charge in [-0.1, -0.05) is 11.2 Å². The highest BCUT2D eigenvalue weighted by Gasteiger charge is 2.04. The van der Waals surface area contributed by atoms with Crippen LogP contribution in [0.5, 0.6) is 0 Å². The monoisotopic (exact) mass is 213 g/mol. The lowest BCUT2D eigenvalue weighted by Gasteiger charge is -2.11. The number of nitrogens with two attached hydrogens (primary N) is 1. The van der Waals surface area contributed by atoms with E-state index in [1.54, 1.807) is 11.3 Å². The second kappa shape index (κ2) is 5.62. The van der Waals surface area contributed by atoms with Crippen molar-refractivity contribution in [2.24, 2.45) is 10.9 Å². The molecule has 1 aromatic heterocycles. The molecular formula is C9H15N3OS. The van der Waals surface area contributed by atoms with Crippen molar-refractivity contribution in [3.63, 3.8) is 0 Å². The predicted octanol–water partition coefficient (Wildman–Crippen LogP) is 1.02. The largest absolute Gasteiger partial charge is 0.409 e. The summed E-state index contributed by atoms with van der Waals surface area (Å²) in [5.41, 5.74) is 5.33. The molecule has 4 N–H and O–H groups in total. The van der Waals surface area contributed by atoms with E-state index in [-0.39, 0.29) is 5.84 Å². The van der Waals surface area contributed by atoms with Crippen LogP contribution in [0, 0.1) is 0 Å². The van der Waals surface area contributed by atoms with Gasteiger partial charge >= 0.3 is 0 Å². The number of rotatable bonds is 5.